The van der Waals surface area contributed by atoms with E-state index in [1.54, 1.807) is 0 Å². The molecule has 2 amide bonds. The van der Waals surface area contributed by atoms with E-state index in [9.17, 15) is 4.79 Å². The molecule has 2 aromatic carbocycles. The van der Waals surface area contributed by atoms with Crippen molar-refractivity contribution in [2.24, 2.45) is 0 Å². The molecule has 0 aliphatic carbocycles. The molecule has 0 radical (unpaired) electrons. The number of benzene rings is 2. The van der Waals surface area contributed by atoms with Crippen LogP contribution in [0.4, 0.5) is 4.79 Å². The van der Waals surface area contributed by atoms with Gasteiger partial charge in [0.25, 0.3) is 0 Å². The average molecular weight is 308 g/mol. The zero-order valence-electron chi connectivity index (χ0n) is 13.7. The summed E-state index contributed by atoms with van der Waals surface area (Å²) in [4.78, 5) is 16.7. The van der Waals surface area contributed by atoms with Crippen LogP contribution in [0.15, 0.2) is 60.7 Å². The van der Waals surface area contributed by atoms with Crippen LogP contribution >= 0.6 is 0 Å². The summed E-state index contributed by atoms with van der Waals surface area (Å²) in [6.45, 7) is 1.77. The summed E-state index contributed by atoms with van der Waals surface area (Å²) < 4.78 is 0. The van der Waals surface area contributed by atoms with Crippen molar-refractivity contribution >= 4 is 6.03 Å². The third-order valence-electron chi connectivity index (χ3n) is 4.60. The molecule has 120 valence electrons. The van der Waals surface area contributed by atoms with Gasteiger partial charge in [-0.05, 0) is 30.4 Å². The molecule has 1 saturated heterocycles. The van der Waals surface area contributed by atoms with Crippen LogP contribution in [0.2, 0.25) is 0 Å². The highest BCUT2D eigenvalue weighted by Gasteiger charge is 2.27. The Bertz CT molecular complexity index is 621. The van der Waals surface area contributed by atoms with Crippen molar-refractivity contribution in [1.29, 1.82) is 0 Å². The molecule has 1 unspecified atom stereocenters. The molecule has 1 atom stereocenters. The summed E-state index contributed by atoms with van der Waals surface area (Å²) >= 11 is 0. The lowest BCUT2D eigenvalue weighted by molar-refractivity contribution is 0.155. The number of urea groups is 1. The quantitative estimate of drug-likeness (QED) is 0.833. The Balaban J connectivity index is 1.83. The maximum atomic E-state index is 12.8. The Morgan fingerprint density at radius 3 is 2.17 bits per heavy atom. The zero-order valence-corrected chi connectivity index (χ0v) is 13.7. The van der Waals surface area contributed by atoms with Crippen LogP contribution in [0, 0.1) is 0 Å². The first kappa shape index (κ1) is 15.6. The molecule has 23 heavy (non-hydrogen) atoms. The second kappa shape index (κ2) is 7.32. The number of nitrogens with zero attached hydrogens (tertiary/aromatic N) is 2. The van der Waals surface area contributed by atoms with Gasteiger partial charge in [0.2, 0.25) is 0 Å². The van der Waals surface area contributed by atoms with Gasteiger partial charge in [0.15, 0.2) is 0 Å². The minimum absolute atomic E-state index is 0.0618. The molecule has 0 bridgehead atoms. The summed E-state index contributed by atoms with van der Waals surface area (Å²) in [5.41, 5.74) is 2.44. The maximum absolute atomic E-state index is 12.8. The highest BCUT2D eigenvalue weighted by Crippen LogP contribution is 2.26. The average Bonchev–Trinajstić information content (AvgIpc) is 3.15. The smallest absolute Gasteiger partial charge is 0.320 e. The van der Waals surface area contributed by atoms with Gasteiger partial charge in [0.1, 0.15) is 0 Å². The predicted molar refractivity (Wildman–Crippen MR) is 93.3 cm³/mol. The van der Waals surface area contributed by atoms with E-state index in [1.807, 2.05) is 41.1 Å². The van der Waals surface area contributed by atoms with Crippen LogP contribution in [0.1, 0.15) is 30.0 Å². The van der Waals surface area contributed by atoms with Crippen LogP contribution in [0.25, 0.3) is 0 Å². The van der Waals surface area contributed by atoms with Gasteiger partial charge in [0, 0.05) is 20.1 Å². The van der Waals surface area contributed by atoms with Crippen LogP contribution < -0.4 is 0 Å². The third kappa shape index (κ3) is 3.73. The Morgan fingerprint density at radius 2 is 1.57 bits per heavy atom. The monoisotopic (exact) mass is 308 g/mol. The first-order chi connectivity index (χ1) is 11.3. The fourth-order valence-corrected chi connectivity index (χ4v) is 3.26. The van der Waals surface area contributed by atoms with Crippen molar-refractivity contribution in [1.82, 2.24) is 9.80 Å². The number of hydrogen-bond acceptors (Lipinski definition) is 1. The van der Waals surface area contributed by atoms with Crippen molar-refractivity contribution < 1.29 is 4.79 Å². The van der Waals surface area contributed by atoms with Gasteiger partial charge in [0.05, 0.1) is 6.04 Å². The molecule has 3 nitrogen and oxygen atoms in total. The number of hydrogen-bond donors (Lipinski definition) is 0. The molecule has 0 saturated carbocycles. The van der Waals surface area contributed by atoms with Gasteiger partial charge in [-0.2, -0.15) is 0 Å². The lowest BCUT2D eigenvalue weighted by atomic mass is 9.98. The molecular weight excluding hydrogens is 284 g/mol. The number of carbonyl (C=O) groups excluding carboxylic acids is 1. The van der Waals surface area contributed by atoms with Crippen molar-refractivity contribution in [3.63, 3.8) is 0 Å². The normalized spacial score (nSPS) is 15.4. The maximum Gasteiger partial charge on any atom is 0.320 e. The van der Waals surface area contributed by atoms with Crippen molar-refractivity contribution in [2.75, 3.05) is 20.1 Å². The number of likely N-dealkylation sites (N-methyl/N-ethyl adjacent to an activating group) is 1. The zero-order chi connectivity index (χ0) is 16.1. The molecule has 1 heterocycles. The SMILES string of the molecule is CN(C(=O)N1CCCC1)C(Cc1ccccc1)c1ccccc1. The van der Waals surface area contributed by atoms with E-state index in [-0.39, 0.29) is 12.1 Å². The highest BCUT2D eigenvalue weighted by molar-refractivity contribution is 5.75. The van der Waals surface area contributed by atoms with Crippen molar-refractivity contribution in [2.45, 2.75) is 25.3 Å². The van der Waals surface area contributed by atoms with E-state index in [1.165, 1.54) is 11.1 Å². The number of rotatable bonds is 4. The third-order valence-corrected chi connectivity index (χ3v) is 4.60. The molecular formula is C20H24N2O. The van der Waals surface area contributed by atoms with E-state index in [4.69, 9.17) is 0 Å². The number of likely N-dealkylation sites (tertiary alicyclic amines) is 1. The summed E-state index contributed by atoms with van der Waals surface area (Å²) in [5, 5.41) is 0. The Kier molecular flexibility index (Phi) is 4.96. The molecule has 0 N–H and O–H groups in total. The Labute approximate surface area is 138 Å². The lowest BCUT2D eigenvalue weighted by Crippen LogP contribution is -2.42. The lowest BCUT2D eigenvalue weighted by Gasteiger charge is -2.32. The molecule has 1 fully saturated rings. The van der Waals surface area contributed by atoms with Gasteiger partial charge < -0.3 is 9.80 Å². The van der Waals surface area contributed by atoms with Gasteiger partial charge in [-0.1, -0.05) is 60.7 Å². The van der Waals surface area contributed by atoms with E-state index in [2.05, 4.69) is 36.4 Å². The summed E-state index contributed by atoms with van der Waals surface area (Å²) in [5.74, 6) is 0. The van der Waals surface area contributed by atoms with E-state index < -0.39 is 0 Å². The molecule has 1 aliphatic heterocycles. The molecule has 3 heteroatoms. The topological polar surface area (TPSA) is 23.6 Å². The molecule has 2 aromatic rings. The largest absolute Gasteiger partial charge is 0.325 e. The highest BCUT2D eigenvalue weighted by atomic mass is 16.2. The predicted octanol–water partition coefficient (Wildman–Crippen LogP) is 4.12. The minimum Gasteiger partial charge on any atom is -0.325 e. The summed E-state index contributed by atoms with van der Waals surface area (Å²) in [7, 11) is 1.93. The van der Waals surface area contributed by atoms with E-state index in [0.717, 1.165) is 32.4 Å². The van der Waals surface area contributed by atoms with Gasteiger partial charge in [-0.3, -0.25) is 0 Å². The van der Waals surface area contributed by atoms with Gasteiger partial charge in [-0.25, -0.2) is 4.79 Å². The molecule has 0 aromatic heterocycles. The minimum atomic E-state index is 0.0618. The molecule has 1 aliphatic rings. The second-order valence-corrected chi connectivity index (χ2v) is 6.20. The van der Waals surface area contributed by atoms with E-state index in [0.29, 0.717) is 0 Å². The van der Waals surface area contributed by atoms with Crippen LogP contribution in [0.5, 0.6) is 0 Å². The Morgan fingerprint density at radius 1 is 1.00 bits per heavy atom. The first-order valence-electron chi connectivity index (χ1n) is 8.36. The number of carbonyl (C=O) groups is 1. The standard InChI is InChI=1S/C20H24N2O/c1-21(20(23)22-14-8-9-15-22)19(18-12-6-3-7-13-18)16-17-10-4-2-5-11-17/h2-7,10-13,19H,8-9,14-16H2,1H3. The molecule has 0 spiro atoms. The number of amides is 2. The Hall–Kier alpha value is -2.29. The summed E-state index contributed by atoms with van der Waals surface area (Å²) in [6.07, 6.45) is 3.07. The van der Waals surface area contributed by atoms with E-state index >= 15 is 0 Å². The van der Waals surface area contributed by atoms with Gasteiger partial charge in [-0.15, -0.1) is 0 Å². The fraction of sp³-hybridized carbons (Fsp3) is 0.350. The second-order valence-electron chi connectivity index (χ2n) is 6.20. The van der Waals surface area contributed by atoms with Crippen LogP contribution in [0.3, 0.4) is 0 Å². The van der Waals surface area contributed by atoms with Gasteiger partial charge >= 0.3 is 6.03 Å². The fourth-order valence-electron chi connectivity index (χ4n) is 3.26. The van der Waals surface area contributed by atoms with Crippen molar-refractivity contribution in [3.8, 4) is 0 Å². The van der Waals surface area contributed by atoms with Crippen LogP contribution in [-0.2, 0) is 6.42 Å². The molecule has 3 rings (SSSR count). The van der Waals surface area contributed by atoms with Crippen LogP contribution in [-0.4, -0.2) is 36.0 Å². The summed E-state index contributed by atoms with van der Waals surface area (Å²) in [6, 6.07) is 20.9. The first-order valence-corrected chi connectivity index (χ1v) is 8.36. The van der Waals surface area contributed by atoms with Crippen molar-refractivity contribution in [3.05, 3.63) is 71.8 Å².